The van der Waals surface area contributed by atoms with Crippen molar-refractivity contribution in [2.45, 2.75) is 19.4 Å². The summed E-state index contributed by atoms with van der Waals surface area (Å²) in [4.78, 5) is 22.8. The van der Waals surface area contributed by atoms with E-state index in [2.05, 4.69) is 9.97 Å². The van der Waals surface area contributed by atoms with Crippen molar-refractivity contribution in [2.75, 3.05) is 13.1 Å². The molecule has 1 amide bonds. The van der Waals surface area contributed by atoms with Gasteiger partial charge in [-0.2, -0.15) is 0 Å². The molecule has 0 aliphatic carbocycles. The lowest BCUT2D eigenvalue weighted by Crippen LogP contribution is -2.31. The molecule has 1 aromatic heterocycles. The van der Waals surface area contributed by atoms with Crippen molar-refractivity contribution in [3.8, 4) is 0 Å². The number of amides is 1. The molecule has 0 spiro atoms. The number of carbonyl (C=O) groups excluding carboxylic acids is 1. The minimum Gasteiger partial charge on any atom is -0.393 e. The number of hydrogen-bond donors (Lipinski definition) is 1. The standard InChI is InChI=1S/C15H17N3O2/c1-10(19)11-6-7-18(9-11)15(20)14-8-16-12-4-2-3-5-13(12)17-14/h2-5,8,10-11,19H,6-7,9H2,1H3. The van der Waals surface area contributed by atoms with Crippen molar-refractivity contribution in [2.24, 2.45) is 5.92 Å². The summed E-state index contributed by atoms with van der Waals surface area (Å²) in [6.45, 7) is 3.03. The molecule has 2 aromatic rings. The first-order chi connectivity index (χ1) is 9.65. The number of rotatable bonds is 2. The Bertz CT molecular complexity index is 642. The van der Waals surface area contributed by atoms with Gasteiger partial charge in [0.1, 0.15) is 5.69 Å². The van der Waals surface area contributed by atoms with Crippen molar-refractivity contribution < 1.29 is 9.90 Å². The van der Waals surface area contributed by atoms with Gasteiger partial charge in [0, 0.05) is 19.0 Å². The van der Waals surface area contributed by atoms with Crippen LogP contribution in [0.5, 0.6) is 0 Å². The third-order valence-corrected chi connectivity index (χ3v) is 3.86. The maximum absolute atomic E-state index is 12.4. The fourth-order valence-corrected chi connectivity index (χ4v) is 2.59. The van der Waals surface area contributed by atoms with Gasteiger partial charge in [0.25, 0.3) is 5.91 Å². The van der Waals surface area contributed by atoms with Gasteiger partial charge >= 0.3 is 0 Å². The minimum atomic E-state index is -0.379. The molecule has 0 saturated carbocycles. The van der Waals surface area contributed by atoms with Crippen LogP contribution in [-0.2, 0) is 0 Å². The van der Waals surface area contributed by atoms with Gasteiger partial charge < -0.3 is 10.0 Å². The zero-order valence-corrected chi connectivity index (χ0v) is 11.4. The predicted octanol–water partition coefficient (Wildman–Crippen LogP) is 1.47. The molecule has 1 aliphatic heterocycles. The summed E-state index contributed by atoms with van der Waals surface area (Å²) in [5.41, 5.74) is 1.88. The molecule has 0 radical (unpaired) electrons. The van der Waals surface area contributed by atoms with Gasteiger partial charge in [-0.1, -0.05) is 12.1 Å². The highest BCUT2D eigenvalue weighted by Crippen LogP contribution is 2.21. The number of benzene rings is 1. The van der Waals surface area contributed by atoms with Crippen LogP contribution in [0.3, 0.4) is 0 Å². The fourth-order valence-electron chi connectivity index (χ4n) is 2.59. The molecular formula is C15H17N3O2. The normalized spacial score (nSPS) is 20.3. The SMILES string of the molecule is CC(O)C1CCN(C(=O)c2cnc3ccccc3n2)C1. The molecule has 0 bridgehead atoms. The topological polar surface area (TPSA) is 66.3 Å². The van der Waals surface area contributed by atoms with E-state index in [-0.39, 0.29) is 17.9 Å². The second kappa shape index (κ2) is 5.17. The summed E-state index contributed by atoms with van der Waals surface area (Å²) in [7, 11) is 0. The van der Waals surface area contributed by atoms with Crippen LogP contribution in [0.4, 0.5) is 0 Å². The van der Waals surface area contributed by atoms with Gasteiger partial charge in [-0.3, -0.25) is 9.78 Å². The number of hydrogen-bond acceptors (Lipinski definition) is 4. The molecule has 2 heterocycles. The van der Waals surface area contributed by atoms with Gasteiger partial charge in [0.05, 0.1) is 23.3 Å². The second-order valence-electron chi connectivity index (χ2n) is 5.28. The number of aliphatic hydroxyl groups excluding tert-OH is 1. The van der Waals surface area contributed by atoms with Crippen LogP contribution < -0.4 is 0 Å². The summed E-state index contributed by atoms with van der Waals surface area (Å²) in [6.07, 6.45) is 1.99. The zero-order valence-electron chi connectivity index (χ0n) is 11.4. The fraction of sp³-hybridized carbons (Fsp3) is 0.400. The van der Waals surface area contributed by atoms with Crippen molar-refractivity contribution >= 4 is 16.9 Å². The van der Waals surface area contributed by atoms with Gasteiger partial charge in [0.15, 0.2) is 0 Å². The van der Waals surface area contributed by atoms with Crippen molar-refractivity contribution in [3.63, 3.8) is 0 Å². The van der Waals surface area contributed by atoms with E-state index in [4.69, 9.17) is 0 Å². The highest BCUT2D eigenvalue weighted by molar-refractivity contribution is 5.93. The predicted molar refractivity (Wildman–Crippen MR) is 75.2 cm³/mol. The molecule has 3 rings (SSSR count). The van der Waals surface area contributed by atoms with Crippen LogP contribution in [0, 0.1) is 5.92 Å². The van der Waals surface area contributed by atoms with Gasteiger partial charge in [0.2, 0.25) is 0 Å². The molecule has 5 nitrogen and oxygen atoms in total. The summed E-state index contributed by atoms with van der Waals surface area (Å²) in [6, 6.07) is 7.49. The minimum absolute atomic E-state index is 0.105. The number of carbonyl (C=O) groups is 1. The lowest BCUT2D eigenvalue weighted by atomic mass is 10.0. The number of fused-ring (bicyclic) bond motifs is 1. The Balaban J connectivity index is 1.82. The Kier molecular flexibility index (Phi) is 3.36. The third-order valence-electron chi connectivity index (χ3n) is 3.86. The number of para-hydroxylation sites is 2. The average Bonchev–Trinajstić information content (AvgIpc) is 2.96. The second-order valence-corrected chi connectivity index (χ2v) is 5.28. The lowest BCUT2D eigenvalue weighted by molar-refractivity contribution is 0.0757. The van der Waals surface area contributed by atoms with Crippen LogP contribution in [0.25, 0.3) is 11.0 Å². The number of aromatic nitrogens is 2. The summed E-state index contributed by atoms with van der Waals surface area (Å²) in [5, 5.41) is 9.60. The first-order valence-electron chi connectivity index (χ1n) is 6.84. The Morgan fingerprint density at radius 1 is 1.40 bits per heavy atom. The zero-order chi connectivity index (χ0) is 14.1. The molecular weight excluding hydrogens is 254 g/mol. The first-order valence-corrected chi connectivity index (χ1v) is 6.84. The maximum atomic E-state index is 12.4. The quantitative estimate of drug-likeness (QED) is 0.898. The van der Waals surface area contributed by atoms with E-state index < -0.39 is 0 Å². The Morgan fingerprint density at radius 2 is 2.15 bits per heavy atom. The maximum Gasteiger partial charge on any atom is 0.274 e. The van der Waals surface area contributed by atoms with Gasteiger partial charge in [-0.05, 0) is 25.5 Å². The van der Waals surface area contributed by atoms with E-state index in [9.17, 15) is 9.90 Å². The summed E-state index contributed by atoms with van der Waals surface area (Å²) in [5.74, 6) is 0.0544. The molecule has 20 heavy (non-hydrogen) atoms. The summed E-state index contributed by atoms with van der Waals surface area (Å²) >= 11 is 0. The van der Waals surface area contributed by atoms with E-state index in [0.29, 0.717) is 18.8 Å². The van der Waals surface area contributed by atoms with Crippen LogP contribution in [0.15, 0.2) is 30.5 Å². The average molecular weight is 271 g/mol. The first kappa shape index (κ1) is 13.0. The van der Waals surface area contributed by atoms with Crippen LogP contribution in [-0.4, -0.2) is 45.1 Å². The smallest absolute Gasteiger partial charge is 0.274 e. The number of aliphatic hydroxyl groups is 1. The molecule has 5 heteroatoms. The molecule has 2 atom stereocenters. The van der Waals surface area contributed by atoms with E-state index in [0.717, 1.165) is 17.5 Å². The Hall–Kier alpha value is -2.01. The van der Waals surface area contributed by atoms with E-state index in [1.54, 1.807) is 11.8 Å². The molecule has 1 N–H and O–H groups in total. The van der Waals surface area contributed by atoms with Crippen molar-refractivity contribution in [3.05, 3.63) is 36.2 Å². The number of nitrogens with zero attached hydrogens (tertiary/aromatic N) is 3. The largest absolute Gasteiger partial charge is 0.393 e. The Morgan fingerprint density at radius 3 is 2.85 bits per heavy atom. The molecule has 104 valence electrons. The van der Waals surface area contributed by atoms with Gasteiger partial charge in [-0.25, -0.2) is 4.98 Å². The highest BCUT2D eigenvalue weighted by atomic mass is 16.3. The molecule has 1 saturated heterocycles. The summed E-state index contributed by atoms with van der Waals surface area (Å²) < 4.78 is 0. The van der Waals surface area contributed by atoms with E-state index >= 15 is 0 Å². The van der Waals surface area contributed by atoms with Crippen molar-refractivity contribution in [1.29, 1.82) is 0 Å². The third kappa shape index (κ3) is 2.36. The lowest BCUT2D eigenvalue weighted by Gasteiger charge is -2.17. The van der Waals surface area contributed by atoms with Crippen LogP contribution in [0.2, 0.25) is 0 Å². The molecule has 2 unspecified atom stereocenters. The van der Waals surface area contributed by atoms with Crippen LogP contribution in [0.1, 0.15) is 23.8 Å². The number of likely N-dealkylation sites (tertiary alicyclic amines) is 1. The molecule has 1 aromatic carbocycles. The van der Waals surface area contributed by atoms with Crippen LogP contribution >= 0.6 is 0 Å². The van der Waals surface area contributed by atoms with E-state index in [1.807, 2.05) is 24.3 Å². The highest BCUT2D eigenvalue weighted by Gasteiger charge is 2.30. The Labute approximate surface area is 117 Å². The van der Waals surface area contributed by atoms with Crippen molar-refractivity contribution in [1.82, 2.24) is 14.9 Å². The molecule has 1 aliphatic rings. The van der Waals surface area contributed by atoms with E-state index in [1.165, 1.54) is 6.20 Å². The monoisotopic (exact) mass is 271 g/mol. The van der Waals surface area contributed by atoms with Gasteiger partial charge in [-0.15, -0.1) is 0 Å². The molecule has 1 fully saturated rings.